The minimum absolute atomic E-state index is 0.0946. The molecule has 8 heteroatoms. The number of nitrogens with zero attached hydrogens (tertiary/aromatic N) is 1. The van der Waals surface area contributed by atoms with E-state index >= 15 is 0 Å². The molecular weight excluding hydrogens is 352 g/mol. The van der Waals surface area contributed by atoms with Crippen molar-refractivity contribution >= 4 is 23.3 Å². The maximum atomic E-state index is 12.2. The molecule has 0 saturated heterocycles. The van der Waals surface area contributed by atoms with Gasteiger partial charge in [-0.2, -0.15) is 0 Å². The number of hydrogen-bond acceptors (Lipinski definition) is 6. The van der Waals surface area contributed by atoms with Crippen molar-refractivity contribution in [2.75, 3.05) is 18.5 Å². The number of carbonyl (C=O) groups is 2. The molecule has 2 aromatic carbocycles. The summed E-state index contributed by atoms with van der Waals surface area (Å²) in [5, 5.41) is 13.5. The highest BCUT2D eigenvalue weighted by Crippen LogP contribution is 2.27. The van der Waals surface area contributed by atoms with E-state index < -0.39 is 29.3 Å². The lowest BCUT2D eigenvalue weighted by molar-refractivity contribution is -0.385. The zero-order chi connectivity index (χ0) is 19.4. The van der Waals surface area contributed by atoms with Gasteiger partial charge in [-0.25, -0.2) is 0 Å². The number of nitrogens with one attached hydrogen (secondary N) is 1. The second kappa shape index (κ2) is 7.86. The molecule has 1 aliphatic rings. The maximum Gasteiger partial charge on any atom is 0.313 e. The molecule has 0 saturated carbocycles. The summed E-state index contributed by atoms with van der Waals surface area (Å²) >= 11 is 0. The fourth-order valence-corrected chi connectivity index (χ4v) is 2.88. The number of hydrogen-bond donors (Lipinski definition) is 1. The molecule has 27 heavy (non-hydrogen) atoms. The first-order chi connectivity index (χ1) is 13.0. The minimum atomic E-state index is -0.566. The van der Waals surface area contributed by atoms with Crippen molar-refractivity contribution in [3.63, 3.8) is 0 Å². The molecule has 0 bridgehead atoms. The van der Waals surface area contributed by atoms with Crippen LogP contribution in [0.3, 0.4) is 0 Å². The Balaban J connectivity index is 1.55. The number of anilines is 1. The Bertz CT molecular complexity index is 896. The lowest BCUT2D eigenvalue weighted by atomic mass is 9.97. The molecule has 3 rings (SSSR count). The third kappa shape index (κ3) is 4.22. The number of esters is 1. The van der Waals surface area contributed by atoms with Crippen molar-refractivity contribution in [3.8, 4) is 5.75 Å². The summed E-state index contributed by atoms with van der Waals surface area (Å²) < 4.78 is 10.6. The third-order valence-corrected chi connectivity index (χ3v) is 4.33. The average Bonchev–Trinajstić information content (AvgIpc) is 2.67. The molecule has 1 unspecified atom stereocenters. The summed E-state index contributed by atoms with van der Waals surface area (Å²) in [4.78, 5) is 34.7. The van der Waals surface area contributed by atoms with Crippen LogP contribution in [0.25, 0.3) is 0 Å². The molecular formula is C19H18N2O6. The van der Waals surface area contributed by atoms with Crippen LogP contribution in [0, 0.1) is 23.0 Å². The van der Waals surface area contributed by atoms with E-state index in [1.165, 1.54) is 19.1 Å². The summed E-state index contributed by atoms with van der Waals surface area (Å²) in [6, 6.07) is 11.8. The highest BCUT2D eigenvalue weighted by molar-refractivity contribution is 5.94. The SMILES string of the molecule is Cc1c(NC(=O)COC(=O)C2COc3ccccc3C2)cccc1[N+](=O)[O-]. The number of benzene rings is 2. The maximum absolute atomic E-state index is 12.2. The zero-order valence-electron chi connectivity index (χ0n) is 14.6. The number of nitro groups is 1. The Morgan fingerprint density at radius 3 is 2.81 bits per heavy atom. The molecule has 0 aliphatic carbocycles. The highest BCUT2D eigenvalue weighted by Gasteiger charge is 2.27. The monoisotopic (exact) mass is 370 g/mol. The van der Waals surface area contributed by atoms with Gasteiger partial charge in [0, 0.05) is 6.07 Å². The van der Waals surface area contributed by atoms with Crippen LogP contribution in [0.2, 0.25) is 0 Å². The molecule has 140 valence electrons. The van der Waals surface area contributed by atoms with E-state index in [9.17, 15) is 19.7 Å². The summed E-state index contributed by atoms with van der Waals surface area (Å²) in [5.41, 5.74) is 1.46. The topological polar surface area (TPSA) is 108 Å². The van der Waals surface area contributed by atoms with Gasteiger partial charge in [-0.15, -0.1) is 0 Å². The third-order valence-electron chi connectivity index (χ3n) is 4.33. The van der Waals surface area contributed by atoms with E-state index in [1.807, 2.05) is 24.3 Å². The van der Waals surface area contributed by atoms with Crippen LogP contribution in [0.5, 0.6) is 5.75 Å². The van der Waals surface area contributed by atoms with Crippen molar-refractivity contribution in [2.45, 2.75) is 13.3 Å². The number of fused-ring (bicyclic) bond motifs is 1. The number of carbonyl (C=O) groups excluding carboxylic acids is 2. The normalized spacial score (nSPS) is 15.2. The second-order valence-corrected chi connectivity index (χ2v) is 6.18. The molecule has 8 nitrogen and oxygen atoms in total. The van der Waals surface area contributed by atoms with E-state index in [1.54, 1.807) is 6.07 Å². The molecule has 0 spiro atoms. The first kappa shape index (κ1) is 18.4. The fourth-order valence-electron chi connectivity index (χ4n) is 2.88. The zero-order valence-corrected chi connectivity index (χ0v) is 14.6. The van der Waals surface area contributed by atoms with Crippen LogP contribution in [0.4, 0.5) is 11.4 Å². The van der Waals surface area contributed by atoms with Crippen molar-refractivity contribution in [1.82, 2.24) is 0 Å². The summed E-state index contributed by atoms with van der Waals surface area (Å²) in [5.74, 6) is -0.813. The van der Waals surface area contributed by atoms with E-state index in [2.05, 4.69) is 5.32 Å². The van der Waals surface area contributed by atoms with Crippen molar-refractivity contribution in [3.05, 3.63) is 63.7 Å². The van der Waals surface area contributed by atoms with E-state index in [0.717, 1.165) is 11.3 Å². The Kier molecular flexibility index (Phi) is 5.35. The van der Waals surface area contributed by atoms with Crippen LogP contribution in [-0.2, 0) is 20.7 Å². The van der Waals surface area contributed by atoms with Gasteiger partial charge in [0.25, 0.3) is 11.6 Å². The van der Waals surface area contributed by atoms with Crippen molar-refractivity contribution < 1.29 is 24.0 Å². The average molecular weight is 370 g/mol. The van der Waals surface area contributed by atoms with Crippen LogP contribution in [0.15, 0.2) is 42.5 Å². The standard InChI is InChI=1S/C19H18N2O6/c1-12-15(6-4-7-16(12)21(24)25)20-18(22)11-27-19(23)14-9-13-5-2-3-8-17(13)26-10-14/h2-8,14H,9-11H2,1H3,(H,20,22). The van der Waals surface area contributed by atoms with Gasteiger partial charge in [0.05, 0.1) is 22.1 Å². The van der Waals surface area contributed by atoms with Gasteiger partial charge in [-0.3, -0.25) is 19.7 Å². The first-order valence-corrected chi connectivity index (χ1v) is 8.37. The van der Waals surface area contributed by atoms with E-state index in [4.69, 9.17) is 9.47 Å². The molecule has 1 aliphatic heterocycles. The number of ether oxygens (including phenoxy) is 2. The Morgan fingerprint density at radius 1 is 1.26 bits per heavy atom. The molecule has 1 N–H and O–H groups in total. The first-order valence-electron chi connectivity index (χ1n) is 8.37. The van der Waals surface area contributed by atoms with Gasteiger partial charge < -0.3 is 14.8 Å². The van der Waals surface area contributed by atoms with Crippen LogP contribution in [0.1, 0.15) is 11.1 Å². The van der Waals surface area contributed by atoms with Gasteiger partial charge >= 0.3 is 5.97 Å². The smallest absolute Gasteiger partial charge is 0.313 e. The summed E-state index contributed by atoms with van der Waals surface area (Å²) in [7, 11) is 0. The number of nitro benzene ring substituents is 1. The van der Waals surface area contributed by atoms with Crippen LogP contribution < -0.4 is 10.1 Å². The second-order valence-electron chi connectivity index (χ2n) is 6.18. The van der Waals surface area contributed by atoms with Crippen molar-refractivity contribution in [2.24, 2.45) is 5.92 Å². The molecule has 0 radical (unpaired) electrons. The highest BCUT2D eigenvalue weighted by atomic mass is 16.6. The number of para-hydroxylation sites is 1. The lowest BCUT2D eigenvalue weighted by Crippen LogP contribution is -2.32. The van der Waals surface area contributed by atoms with Gasteiger partial charge in [-0.05, 0) is 31.0 Å². The van der Waals surface area contributed by atoms with Crippen LogP contribution in [-0.4, -0.2) is 30.0 Å². The Hall–Kier alpha value is -3.42. The summed E-state index contributed by atoms with van der Waals surface area (Å²) in [6.07, 6.45) is 0.487. The molecule has 0 aromatic heterocycles. The van der Waals surface area contributed by atoms with Gasteiger partial charge in [0.1, 0.15) is 12.4 Å². The largest absolute Gasteiger partial charge is 0.492 e. The Morgan fingerprint density at radius 2 is 2.04 bits per heavy atom. The predicted molar refractivity (Wildman–Crippen MR) is 96.6 cm³/mol. The van der Waals surface area contributed by atoms with E-state index in [0.29, 0.717) is 17.7 Å². The quantitative estimate of drug-likeness (QED) is 0.492. The minimum Gasteiger partial charge on any atom is -0.492 e. The summed E-state index contributed by atoms with van der Waals surface area (Å²) in [6.45, 7) is 1.26. The van der Waals surface area contributed by atoms with Gasteiger partial charge in [-0.1, -0.05) is 24.3 Å². The number of amides is 1. The Labute approximate surface area is 155 Å². The molecule has 1 atom stereocenters. The van der Waals surface area contributed by atoms with Gasteiger partial charge in [0.2, 0.25) is 0 Å². The lowest BCUT2D eigenvalue weighted by Gasteiger charge is -2.23. The molecule has 1 heterocycles. The van der Waals surface area contributed by atoms with Crippen molar-refractivity contribution in [1.29, 1.82) is 0 Å². The molecule has 0 fully saturated rings. The molecule has 1 amide bonds. The number of rotatable bonds is 5. The van der Waals surface area contributed by atoms with Crippen LogP contribution >= 0.6 is 0 Å². The molecule has 2 aromatic rings. The fraction of sp³-hybridized carbons (Fsp3) is 0.263. The van der Waals surface area contributed by atoms with E-state index in [-0.39, 0.29) is 12.3 Å². The van der Waals surface area contributed by atoms with Gasteiger partial charge in [0.15, 0.2) is 6.61 Å². The predicted octanol–water partition coefficient (Wildman–Crippen LogP) is 2.64.